The molecule has 2 rings (SSSR count). The van der Waals surface area contributed by atoms with Crippen LogP contribution in [0, 0.1) is 17.1 Å². The summed E-state index contributed by atoms with van der Waals surface area (Å²) in [6.07, 6.45) is 0. The predicted octanol–water partition coefficient (Wildman–Crippen LogP) is 3.65. The molecular weight excluding hydrogens is 291 g/mol. The highest BCUT2D eigenvalue weighted by Gasteiger charge is 2.05. The first kappa shape index (κ1) is 15.3. The van der Waals surface area contributed by atoms with E-state index in [-0.39, 0.29) is 12.2 Å². The summed E-state index contributed by atoms with van der Waals surface area (Å²) in [6.45, 7) is 0.868. The number of nitrogens with one attached hydrogen (secondary N) is 1. The second-order valence-corrected chi connectivity index (χ2v) is 4.95. The number of nitrogens with zero attached hydrogens (tertiary/aromatic N) is 1. The number of rotatable bonds is 5. The number of benzene rings is 2. The van der Waals surface area contributed by atoms with Crippen molar-refractivity contribution in [3.63, 3.8) is 0 Å². The van der Waals surface area contributed by atoms with Crippen LogP contribution >= 0.6 is 11.6 Å². The van der Waals surface area contributed by atoms with Crippen molar-refractivity contribution in [2.75, 3.05) is 7.05 Å². The van der Waals surface area contributed by atoms with E-state index in [1.54, 1.807) is 12.1 Å². The molecule has 21 heavy (non-hydrogen) atoms. The molecule has 0 amide bonds. The molecule has 0 aliphatic heterocycles. The van der Waals surface area contributed by atoms with Crippen LogP contribution in [0.4, 0.5) is 4.39 Å². The summed E-state index contributed by atoms with van der Waals surface area (Å²) in [5.41, 5.74) is 1.90. The second kappa shape index (κ2) is 7.07. The van der Waals surface area contributed by atoms with Gasteiger partial charge in [-0.3, -0.25) is 0 Å². The molecule has 0 atom stereocenters. The maximum absolute atomic E-state index is 13.3. The van der Waals surface area contributed by atoms with Crippen LogP contribution in [0.15, 0.2) is 36.4 Å². The zero-order chi connectivity index (χ0) is 15.2. The Labute approximate surface area is 127 Å². The Morgan fingerprint density at radius 2 is 2.05 bits per heavy atom. The highest BCUT2D eigenvalue weighted by Crippen LogP contribution is 2.26. The van der Waals surface area contributed by atoms with Gasteiger partial charge < -0.3 is 10.1 Å². The van der Waals surface area contributed by atoms with Crippen LogP contribution in [-0.4, -0.2) is 7.05 Å². The van der Waals surface area contributed by atoms with Crippen molar-refractivity contribution in [1.82, 2.24) is 5.32 Å². The normalized spacial score (nSPS) is 10.2. The fourth-order valence-corrected chi connectivity index (χ4v) is 2.19. The minimum atomic E-state index is -0.455. The quantitative estimate of drug-likeness (QED) is 0.917. The maximum Gasteiger partial charge on any atom is 0.138 e. The minimum absolute atomic E-state index is 0.150. The second-order valence-electron chi connectivity index (χ2n) is 4.54. The Morgan fingerprint density at radius 3 is 2.71 bits per heavy atom. The van der Waals surface area contributed by atoms with Crippen molar-refractivity contribution in [3.8, 4) is 11.8 Å². The molecule has 3 nitrogen and oxygen atoms in total. The maximum atomic E-state index is 13.3. The summed E-state index contributed by atoms with van der Waals surface area (Å²) >= 11 is 6.14. The van der Waals surface area contributed by atoms with Gasteiger partial charge in [-0.25, -0.2) is 4.39 Å². The Kier molecular flexibility index (Phi) is 5.15. The van der Waals surface area contributed by atoms with Gasteiger partial charge in [-0.15, -0.1) is 0 Å². The Hall–Kier alpha value is -2.09. The Balaban J connectivity index is 2.10. The molecule has 0 saturated heterocycles. The highest BCUT2D eigenvalue weighted by atomic mass is 35.5. The molecule has 0 aromatic heterocycles. The van der Waals surface area contributed by atoms with E-state index in [0.717, 1.165) is 12.1 Å². The third-order valence-electron chi connectivity index (χ3n) is 2.86. The Morgan fingerprint density at radius 1 is 1.24 bits per heavy atom. The lowest BCUT2D eigenvalue weighted by Crippen LogP contribution is -2.05. The van der Waals surface area contributed by atoms with Crippen LogP contribution in [0.25, 0.3) is 0 Å². The topological polar surface area (TPSA) is 45.0 Å². The van der Waals surface area contributed by atoms with E-state index in [9.17, 15) is 4.39 Å². The standard InChI is InChI=1S/C16H14ClFN2O/c1-20-9-11-2-3-16(15(17)7-11)21-10-13-4-12(8-19)5-14(18)6-13/h2-7,20H,9-10H2,1H3. The molecule has 0 unspecified atom stereocenters. The molecule has 2 aromatic carbocycles. The molecule has 2 aromatic rings. The lowest BCUT2D eigenvalue weighted by Gasteiger charge is -2.10. The Bertz CT molecular complexity index is 682. The largest absolute Gasteiger partial charge is 0.487 e. The third kappa shape index (κ3) is 4.19. The molecule has 0 aliphatic carbocycles. The number of hydrogen-bond donors (Lipinski definition) is 1. The smallest absolute Gasteiger partial charge is 0.138 e. The SMILES string of the molecule is CNCc1ccc(OCc2cc(F)cc(C#N)c2)c(Cl)c1. The molecule has 108 valence electrons. The van der Waals surface area contributed by atoms with Crippen molar-refractivity contribution in [3.05, 3.63) is 63.9 Å². The summed E-state index contributed by atoms with van der Waals surface area (Å²) in [5, 5.41) is 12.3. The molecule has 0 spiro atoms. The average molecular weight is 305 g/mol. The van der Waals surface area contributed by atoms with E-state index >= 15 is 0 Å². The third-order valence-corrected chi connectivity index (χ3v) is 3.15. The van der Waals surface area contributed by atoms with Crippen LogP contribution in [0.5, 0.6) is 5.75 Å². The van der Waals surface area contributed by atoms with Crippen LogP contribution in [-0.2, 0) is 13.2 Å². The zero-order valence-electron chi connectivity index (χ0n) is 11.5. The van der Waals surface area contributed by atoms with Crippen LogP contribution < -0.4 is 10.1 Å². The molecule has 0 saturated carbocycles. The lowest BCUT2D eigenvalue weighted by atomic mass is 10.1. The first-order valence-corrected chi connectivity index (χ1v) is 6.75. The minimum Gasteiger partial charge on any atom is -0.487 e. The van der Waals surface area contributed by atoms with E-state index in [4.69, 9.17) is 21.6 Å². The number of hydrogen-bond acceptors (Lipinski definition) is 3. The molecule has 0 bridgehead atoms. The summed E-state index contributed by atoms with van der Waals surface area (Å²) in [6, 6.07) is 11.5. The van der Waals surface area contributed by atoms with Crippen LogP contribution in [0.2, 0.25) is 5.02 Å². The molecule has 1 N–H and O–H groups in total. The van der Waals surface area contributed by atoms with E-state index in [0.29, 0.717) is 16.3 Å². The zero-order valence-corrected chi connectivity index (χ0v) is 12.2. The molecule has 5 heteroatoms. The van der Waals surface area contributed by atoms with Gasteiger partial charge in [-0.1, -0.05) is 17.7 Å². The van der Waals surface area contributed by atoms with Gasteiger partial charge in [0.15, 0.2) is 0 Å². The van der Waals surface area contributed by atoms with Crippen LogP contribution in [0.3, 0.4) is 0 Å². The summed E-state index contributed by atoms with van der Waals surface area (Å²) < 4.78 is 18.9. The molecule has 0 heterocycles. The monoisotopic (exact) mass is 304 g/mol. The number of nitriles is 1. The molecule has 0 fully saturated rings. The van der Waals surface area contributed by atoms with Gasteiger partial charge in [0, 0.05) is 6.54 Å². The molecule has 0 aliphatic rings. The lowest BCUT2D eigenvalue weighted by molar-refractivity contribution is 0.305. The van der Waals surface area contributed by atoms with Crippen molar-refractivity contribution in [2.45, 2.75) is 13.2 Å². The van der Waals surface area contributed by atoms with Crippen molar-refractivity contribution in [1.29, 1.82) is 5.26 Å². The first-order valence-electron chi connectivity index (χ1n) is 6.38. The summed E-state index contributed by atoms with van der Waals surface area (Å²) in [4.78, 5) is 0. The van der Waals surface area contributed by atoms with Crippen molar-refractivity contribution < 1.29 is 9.13 Å². The fraction of sp³-hybridized carbons (Fsp3) is 0.188. The number of halogens is 2. The van der Waals surface area contributed by atoms with Crippen LogP contribution in [0.1, 0.15) is 16.7 Å². The molecule has 0 radical (unpaired) electrons. The van der Waals surface area contributed by atoms with E-state index in [1.165, 1.54) is 12.1 Å². The van der Waals surface area contributed by atoms with Gasteiger partial charge in [-0.2, -0.15) is 5.26 Å². The van der Waals surface area contributed by atoms with Gasteiger partial charge in [0.05, 0.1) is 16.7 Å². The first-order chi connectivity index (χ1) is 10.1. The number of ether oxygens (including phenoxy) is 1. The average Bonchev–Trinajstić information content (AvgIpc) is 2.46. The van der Waals surface area contributed by atoms with Gasteiger partial charge in [0.1, 0.15) is 18.2 Å². The van der Waals surface area contributed by atoms with E-state index < -0.39 is 5.82 Å². The van der Waals surface area contributed by atoms with Gasteiger partial charge >= 0.3 is 0 Å². The van der Waals surface area contributed by atoms with Crippen molar-refractivity contribution >= 4 is 11.6 Å². The van der Waals surface area contributed by atoms with E-state index in [2.05, 4.69) is 5.32 Å². The van der Waals surface area contributed by atoms with Crippen molar-refractivity contribution in [2.24, 2.45) is 0 Å². The van der Waals surface area contributed by atoms with Gasteiger partial charge in [-0.05, 0) is 48.5 Å². The van der Waals surface area contributed by atoms with Gasteiger partial charge in [0.2, 0.25) is 0 Å². The summed E-state index contributed by atoms with van der Waals surface area (Å²) in [7, 11) is 1.86. The fourth-order valence-electron chi connectivity index (χ4n) is 1.93. The summed E-state index contributed by atoms with van der Waals surface area (Å²) in [5.74, 6) is 0.0717. The predicted molar refractivity (Wildman–Crippen MR) is 79.7 cm³/mol. The highest BCUT2D eigenvalue weighted by molar-refractivity contribution is 6.32. The van der Waals surface area contributed by atoms with Gasteiger partial charge in [0.25, 0.3) is 0 Å². The molecular formula is C16H14ClFN2O. The van der Waals surface area contributed by atoms with E-state index in [1.807, 2.05) is 25.2 Å².